The van der Waals surface area contributed by atoms with Crippen LogP contribution in [0.1, 0.15) is 55.1 Å². The number of benzene rings is 2. The van der Waals surface area contributed by atoms with E-state index in [1.807, 2.05) is 24.3 Å². The standard InChI is InChI=1S/C24H32N2O4S/c1-18-7-8-19(17-22(18)31(28,29)26-14-5-6-15-26)23(27)25-13-16-30-21-11-9-20(10-12-21)24(2,3)4/h7-12,17H,5-6,13-16H2,1-4H3,(H,25,27). The van der Waals surface area contributed by atoms with Gasteiger partial charge in [-0.05, 0) is 60.6 Å². The summed E-state index contributed by atoms with van der Waals surface area (Å²) in [5.74, 6) is 0.432. The van der Waals surface area contributed by atoms with Crippen LogP contribution >= 0.6 is 0 Å². The zero-order chi connectivity index (χ0) is 22.6. The van der Waals surface area contributed by atoms with Crippen molar-refractivity contribution >= 4 is 15.9 Å². The van der Waals surface area contributed by atoms with Gasteiger partial charge >= 0.3 is 0 Å². The van der Waals surface area contributed by atoms with Gasteiger partial charge in [0.15, 0.2) is 0 Å². The summed E-state index contributed by atoms with van der Waals surface area (Å²) in [7, 11) is -3.57. The summed E-state index contributed by atoms with van der Waals surface area (Å²) < 4.78 is 33.0. The van der Waals surface area contributed by atoms with Crippen LogP contribution in [-0.4, -0.2) is 44.9 Å². The number of rotatable bonds is 7. The normalized spacial score (nSPS) is 15.1. The minimum absolute atomic E-state index is 0.0850. The van der Waals surface area contributed by atoms with Crippen LogP contribution in [0.2, 0.25) is 0 Å². The number of nitrogens with zero attached hydrogens (tertiary/aromatic N) is 1. The molecule has 1 amide bonds. The van der Waals surface area contributed by atoms with E-state index in [1.165, 1.54) is 15.9 Å². The van der Waals surface area contributed by atoms with Gasteiger partial charge in [-0.2, -0.15) is 4.31 Å². The van der Waals surface area contributed by atoms with Crippen LogP contribution < -0.4 is 10.1 Å². The summed E-state index contributed by atoms with van der Waals surface area (Å²) in [6, 6.07) is 12.8. The first-order valence-corrected chi connectivity index (χ1v) is 12.2. The van der Waals surface area contributed by atoms with E-state index in [0.717, 1.165) is 18.6 Å². The maximum Gasteiger partial charge on any atom is 0.251 e. The van der Waals surface area contributed by atoms with Gasteiger partial charge in [0.2, 0.25) is 10.0 Å². The highest BCUT2D eigenvalue weighted by molar-refractivity contribution is 7.89. The Kier molecular flexibility index (Phi) is 7.06. The van der Waals surface area contributed by atoms with Crippen LogP contribution in [0.5, 0.6) is 5.75 Å². The molecule has 0 radical (unpaired) electrons. The van der Waals surface area contributed by atoms with Crippen molar-refractivity contribution in [3.05, 3.63) is 59.2 Å². The molecule has 0 unspecified atom stereocenters. The van der Waals surface area contributed by atoms with Gasteiger partial charge in [0.1, 0.15) is 12.4 Å². The lowest BCUT2D eigenvalue weighted by atomic mass is 9.87. The molecule has 1 saturated heterocycles. The third kappa shape index (κ3) is 5.66. The Morgan fingerprint density at radius 1 is 1.06 bits per heavy atom. The zero-order valence-electron chi connectivity index (χ0n) is 18.8. The van der Waals surface area contributed by atoms with E-state index in [0.29, 0.717) is 37.4 Å². The molecule has 3 rings (SSSR count). The van der Waals surface area contributed by atoms with Gasteiger partial charge < -0.3 is 10.1 Å². The second-order valence-electron chi connectivity index (χ2n) is 8.97. The van der Waals surface area contributed by atoms with E-state index < -0.39 is 10.0 Å². The molecule has 0 spiro atoms. The molecule has 1 heterocycles. The number of aryl methyl sites for hydroxylation is 1. The summed E-state index contributed by atoms with van der Waals surface area (Å²) in [5, 5.41) is 2.80. The van der Waals surface area contributed by atoms with Gasteiger partial charge in [-0.1, -0.05) is 39.0 Å². The third-order valence-electron chi connectivity index (χ3n) is 5.51. The Balaban J connectivity index is 1.57. The lowest BCUT2D eigenvalue weighted by Crippen LogP contribution is -2.30. The minimum atomic E-state index is -3.57. The molecule has 2 aromatic rings. The molecule has 0 atom stereocenters. The highest BCUT2D eigenvalue weighted by Gasteiger charge is 2.29. The van der Waals surface area contributed by atoms with Crippen LogP contribution in [0.25, 0.3) is 0 Å². The number of hydrogen-bond donors (Lipinski definition) is 1. The molecule has 1 aliphatic rings. The van der Waals surface area contributed by atoms with E-state index >= 15 is 0 Å². The fourth-order valence-electron chi connectivity index (χ4n) is 3.57. The first-order valence-electron chi connectivity index (χ1n) is 10.7. The molecular formula is C24H32N2O4S. The van der Waals surface area contributed by atoms with Crippen LogP contribution in [0, 0.1) is 6.92 Å². The number of hydrogen-bond acceptors (Lipinski definition) is 4. The van der Waals surface area contributed by atoms with E-state index in [1.54, 1.807) is 19.1 Å². The van der Waals surface area contributed by atoms with E-state index in [2.05, 4.69) is 26.1 Å². The molecule has 168 valence electrons. The van der Waals surface area contributed by atoms with Gasteiger partial charge in [-0.3, -0.25) is 4.79 Å². The number of carbonyl (C=O) groups is 1. The molecule has 0 saturated carbocycles. The summed E-state index contributed by atoms with van der Waals surface area (Å²) in [6.45, 7) is 9.94. The molecule has 0 aromatic heterocycles. The summed E-state index contributed by atoms with van der Waals surface area (Å²) in [6.07, 6.45) is 1.74. The van der Waals surface area contributed by atoms with E-state index in [9.17, 15) is 13.2 Å². The van der Waals surface area contributed by atoms with Gasteiger partial charge in [-0.25, -0.2) is 8.42 Å². The third-order valence-corrected chi connectivity index (χ3v) is 7.55. The Labute approximate surface area is 185 Å². The number of ether oxygens (including phenoxy) is 1. The second kappa shape index (κ2) is 9.40. The monoisotopic (exact) mass is 444 g/mol. The minimum Gasteiger partial charge on any atom is -0.492 e. The molecule has 0 bridgehead atoms. The molecule has 1 N–H and O–H groups in total. The molecule has 1 fully saturated rings. The van der Waals surface area contributed by atoms with Crippen molar-refractivity contribution in [2.75, 3.05) is 26.2 Å². The number of nitrogens with one attached hydrogen (secondary N) is 1. The summed E-state index contributed by atoms with van der Waals surface area (Å²) >= 11 is 0. The number of sulfonamides is 1. The van der Waals surface area contributed by atoms with E-state index in [4.69, 9.17) is 4.74 Å². The van der Waals surface area contributed by atoms with Gasteiger partial charge in [0.05, 0.1) is 11.4 Å². The Hall–Kier alpha value is -2.38. The zero-order valence-corrected chi connectivity index (χ0v) is 19.6. The molecule has 7 heteroatoms. The highest BCUT2D eigenvalue weighted by atomic mass is 32.2. The molecular weight excluding hydrogens is 412 g/mol. The average Bonchev–Trinajstić information content (AvgIpc) is 3.27. The summed E-state index contributed by atoms with van der Waals surface area (Å²) in [5.41, 5.74) is 2.29. The van der Waals surface area contributed by atoms with Crippen molar-refractivity contribution in [1.82, 2.24) is 9.62 Å². The van der Waals surface area contributed by atoms with Crippen LogP contribution in [0.4, 0.5) is 0 Å². The number of amides is 1. The number of carbonyl (C=O) groups excluding carboxylic acids is 1. The van der Waals surface area contributed by atoms with Gasteiger partial charge in [0, 0.05) is 18.7 Å². The SMILES string of the molecule is Cc1ccc(C(=O)NCCOc2ccc(C(C)(C)C)cc2)cc1S(=O)(=O)N1CCCC1. The van der Waals surface area contributed by atoms with Crippen LogP contribution in [0.15, 0.2) is 47.4 Å². The smallest absolute Gasteiger partial charge is 0.251 e. The molecule has 1 aliphatic heterocycles. The fourth-order valence-corrected chi connectivity index (χ4v) is 5.34. The largest absolute Gasteiger partial charge is 0.492 e. The molecule has 2 aromatic carbocycles. The van der Waals surface area contributed by atoms with Crippen molar-refractivity contribution < 1.29 is 17.9 Å². The molecule has 31 heavy (non-hydrogen) atoms. The summed E-state index contributed by atoms with van der Waals surface area (Å²) in [4.78, 5) is 12.8. The Bertz CT molecular complexity index is 1020. The first kappa shape index (κ1) is 23.3. The maximum absolute atomic E-state index is 12.9. The fraction of sp³-hybridized carbons (Fsp3) is 0.458. The van der Waals surface area contributed by atoms with Gasteiger partial charge in [-0.15, -0.1) is 0 Å². The second-order valence-corrected chi connectivity index (χ2v) is 10.9. The van der Waals surface area contributed by atoms with Crippen molar-refractivity contribution in [2.45, 2.75) is 50.8 Å². The van der Waals surface area contributed by atoms with Crippen molar-refractivity contribution in [1.29, 1.82) is 0 Å². The topological polar surface area (TPSA) is 75.7 Å². The van der Waals surface area contributed by atoms with Crippen LogP contribution in [0.3, 0.4) is 0 Å². The Morgan fingerprint density at radius 2 is 1.71 bits per heavy atom. The predicted octanol–water partition coefficient (Wildman–Crippen LogP) is 3.89. The van der Waals surface area contributed by atoms with Gasteiger partial charge in [0.25, 0.3) is 5.91 Å². The molecule has 6 nitrogen and oxygen atoms in total. The van der Waals surface area contributed by atoms with Crippen molar-refractivity contribution in [3.8, 4) is 5.75 Å². The molecule has 0 aliphatic carbocycles. The highest BCUT2D eigenvalue weighted by Crippen LogP contribution is 2.25. The van der Waals surface area contributed by atoms with Crippen LogP contribution in [-0.2, 0) is 15.4 Å². The lowest BCUT2D eigenvalue weighted by Gasteiger charge is -2.19. The first-order chi connectivity index (χ1) is 14.6. The Morgan fingerprint density at radius 3 is 2.32 bits per heavy atom. The predicted molar refractivity (Wildman–Crippen MR) is 122 cm³/mol. The van der Waals surface area contributed by atoms with Crippen molar-refractivity contribution in [2.24, 2.45) is 0 Å². The maximum atomic E-state index is 12.9. The quantitative estimate of drug-likeness (QED) is 0.658. The van der Waals surface area contributed by atoms with E-state index in [-0.39, 0.29) is 16.2 Å². The average molecular weight is 445 g/mol. The van der Waals surface area contributed by atoms with Crippen molar-refractivity contribution in [3.63, 3.8) is 0 Å². The lowest BCUT2D eigenvalue weighted by molar-refractivity contribution is 0.0946.